The Morgan fingerprint density at radius 3 is 2.72 bits per heavy atom. The number of ether oxygens (including phenoxy) is 2. The van der Waals surface area contributed by atoms with Gasteiger partial charge in [0.15, 0.2) is 0 Å². The Morgan fingerprint density at radius 1 is 1.17 bits per heavy atom. The molecule has 1 amide bonds. The highest BCUT2D eigenvalue weighted by Gasteiger charge is 2.07. The minimum Gasteiger partial charge on any atom is -0.492 e. The summed E-state index contributed by atoms with van der Waals surface area (Å²) in [7, 11) is 0. The lowest BCUT2D eigenvalue weighted by Crippen LogP contribution is -2.33. The maximum absolute atomic E-state index is 11.0. The summed E-state index contributed by atoms with van der Waals surface area (Å²) in [5, 5.41) is 17.0. The van der Waals surface area contributed by atoms with Crippen molar-refractivity contribution in [3.05, 3.63) is 60.3 Å². The summed E-state index contributed by atoms with van der Waals surface area (Å²) in [6.07, 6.45) is 1.05. The molecular weight excluding hydrogens is 392 g/mol. The molecule has 9 heteroatoms. The van der Waals surface area contributed by atoms with Crippen LogP contribution < -0.4 is 20.5 Å². The monoisotopic (exact) mass is 414 g/mol. The zero-order chi connectivity index (χ0) is 20.5. The van der Waals surface area contributed by atoms with Gasteiger partial charge in [0.2, 0.25) is 5.91 Å². The predicted molar refractivity (Wildman–Crippen MR) is 110 cm³/mol. The molecule has 0 saturated carbocycles. The van der Waals surface area contributed by atoms with E-state index in [1.807, 2.05) is 24.3 Å². The van der Waals surface area contributed by atoms with Crippen molar-refractivity contribution in [2.45, 2.75) is 6.10 Å². The summed E-state index contributed by atoms with van der Waals surface area (Å²) >= 11 is 1.32. The van der Waals surface area contributed by atoms with E-state index in [2.05, 4.69) is 14.9 Å². The summed E-state index contributed by atoms with van der Waals surface area (Å²) in [6, 6.07) is 14.2. The molecule has 3 rings (SSSR count). The van der Waals surface area contributed by atoms with Crippen molar-refractivity contribution in [1.29, 1.82) is 0 Å². The van der Waals surface area contributed by atoms with E-state index < -0.39 is 12.0 Å². The topological polar surface area (TPSA) is 120 Å². The lowest BCUT2D eigenvalue weighted by Gasteiger charge is -2.14. The van der Waals surface area contributed by atoms with Crippen LogP contribution in [-0.2, 0) is 0 Å². The second-order valence-electron chi connectivity index (χ2n) is 6.22. The molecule has 2 aromatic carbocycles. The SMILES string of the molecule is NC(=O)c1ccc(OCCNCC(O)COc2cccc(-c3cnns3)c2)cc1. The standard InChI is InChI=1S/C20H22N4O4S/c21-20(26)14-4-6-17(7-5-14)27-9-8-22-11-16(25)13-28-18-3-1-2-15(10-18)19-12-23-24-29-19/h1-7,10,12,16,22,25H,8-9,11,13H2,(H2,21,26). The van der Waals surface area contributed by atoms with Gasteiger partial charge in [0, 0.05) is 18.7 Å². The smallest absolute Gasteiger partial charge is 0.248 e. The fourth-order valence-electron chi connectivity index (χ4n) is 2.51. The fraction of sp³-hybridized carbons (Fsp3) is 0.250. The molecule has 152 valence electrons. The van der Waals surface area contributed by atoms with Crippen LogP contribution in [0.15, 0.2) is 54.7 Å². The van der Waals surface area contributed by atoms with Crippen LogP contribution in [-0.4, -0.2) is 53.0 Å². The Bertz CT molecular complexity index is 903. The maximum atomic E-state index is 11.0. The highest BCUT2D eigenvalue weighted by atomic mass is 32.1. The second-order valence-corrected chi connectivity index (χ2v) is 7.00. The average molecular weight is 414 g/mol. The minimum atomic E-state index is -0.654. The number of aliphatic hydroxyl groups is 1. The van der Waals surface area contributed by atoms with Gasteiger partial charge in [0.05, 0.1) is 11.1 Å². The molecule has 1 atom stereocenters. The van der Waals surface area contributed by atoms with E-state index >= 15 is 0 Å². The molecule has 0 fully saturated rings. The van der Waals surface area contributed by atoms with Gasteiger partial charge >= 0.3 is 0 Å². The largest absolute Gasteiger partial charge is 0.492 e. The molecule has 1 heterocycles. The molecule has 0 aliphatic heterocycles. The summed E-state index contributed by atoms with van der Waals surface area (Å²) in [5.74, 6) is 0.857. The predicted octanol–water partition coefficient (Wildman–Crippen LogP) is 1.71. The van der Waals surface area contributed by atoms with Crippen LogP contribution in [0.25, 0.3) is 10.4 Å². The number of rotatable bonds is 11. The fourth-order valence-corrected chi connectivity index (χ4v) is 3.02. The highest BCUT2D eigenvalue weighted by Crippen LogP contribution is 2.25. The molecule has 3 aromatic rings. The van der Waals surface area contributed by atoms with Crippen LogP contribution in [0, 0.1) is 0 Å². The van der Waals surface area contributed by atoms with Gasteiger partial charge in [-0.15, -0.1) is 5.10 Å². The van der Waals surface area contributed by atoms with Crippen LogP contribution in [0.3, 0.4) is 0 Å². The van der Waals surface area contributed by atoms with E-state index in [-0.39, 0.29) is 6.61 Å². The van der Waals surface area contributed by atoms with Gasteiger partial charge in [0.25, 0.3) is 0 Å². The second kappa shape index (κ2) is 10.5. The molecule has 0 spiro atoms. The van der Waals surface area contributed by atoms with Crippen LogP contribution in [0.1, 0.15) is 10.4 Å². The molecule has 4 N–H and O–H groups in total. The number of nitrogens with one attached hydrogen (secondary N) is 1. The highest BCUT2D eigenvalue weighted by molar-refractivity contribution is 7.09. The molecule has 8 nitrogen and oxygen atoms in total. The van der Waals surface area contributed by atoms with Gasteiger partial charge < -0.3 is 25.6 Å². The number of carbonyl (C=O) groups excluding carboxylic acids is 1. The third-order valence-electron chi connectivity index (χ3n) is 3.99. The first kappa shape index (κ1) is 20.7. The number of hydrogen-bond acceptors (Lipinski definition) is 8. The number of carbonyl (C=O) groups is 1. The third-order valence-corrected chi connectivity index (χ3v) is 4.70. The van der Waals surface area contributed by atoms with Crippen molar-refractivity contribution in [1.82, 2.24) is 14.9 Å². The number of benzene rings is 2. The van der Waals surface area contributed by atoms with Gasteiger partial charge in [-0.3, -0.25) is 4.79 Å². The van der Waals surface area contributed by atoms with Crippen molar-refractivity contribution in [3.8, 4) is 21.9 Å². The molecule has 0 saturated heterocycles. The number of nitrogens with zero attached hydrogens (tertiary/aromatic N) is 2. The van der Waals surface area contributed by atoms with Gasteiger partial charge in [-0.1, -0.05) is 16.6 Å². The average Bonchev–Trinajstić information content (AvgIpc) is 3.27. The normalized spacial score (nSPS) is 11.8. The molecule has 0 aliphatic carbocycles. The van der Waals surface area contributed by atoms with Gasteiger partial charge in [-0.05, 0) is 53.5 Å². The summed E-state index contributed by atoms with van der Waals surface area (Å²) in [6.45, 7) is 1.53. The number of aromatic nitrogens is 2. The number of hydrogen-bond donors (Lipinski definition) is 3. The molecule has 0 aliphatic rings. The van der Waals surface area contributed by atoms with Crippen molar-refractivity contribution >= 4 is 17.4 Å². The van der Waals surface area contributed by atoms with Crippen LogP contribution in [0.2, 0.25) is 0 Å². The van der Waals surface area contributed by atoms with Crippen molar-refractivity contribution in [2.75, 3.05) is 26.3 Å². The number of aliphatic hydroxyl groups excluding tert-OH is 1. The van der Waals surface area contributed by atoms with Gasteiger partial charge in [0.1, 0.15) is 30.8 Å². The molecule has 0 bridgehead atoms. The Labute approximate surface area is 172 Å². The summed E-state index contributed by atoms with van der Waals surface area (Å²) in [4.78, 5) is 12.0. The Balaban J connectivity index is 1.32. The van der Waals surface area contributed by atoms with Crippen molar-refractivity contribution in [2.24, 2.45) is 5.73 Å². The quantitative estimate of drug-likeness (QED) is 0.409. The summed E-state index contributed by atoms with van der Waals surface area (Å²) in [5.41, 5.74) is 6.61. The number of amides is 1. The van der Waals surface area contributed by atoms with Crippen molar-refractivity contribution in [3.63, 3.8) is 0 Å². The Morgan fingerprint density at radius 2 is 2.00 bits per heavy atom. The Kier molecular flexibility index (Phi) is 7.51. The first-order chi connectivity index (χ1) is 14.1. The van der Waals surface area contributed by atoms with Crippen LogP contribution in [0.4, 0.5) is 0 Å². The van der Waals surface area contributed by atoms with E-state index in [9.17, 15) is 9.90 Å². The van der Waals surface area contributed by atoms with Crippen LogP contribution >= 0.6 is 11.5 Å². The zero-order valence-electron chi connectivity index (χ0n) is 15.7. The minimum absolute atomic E-state index is 0.173. The maximum Gasteiger partial charge on any atom is 0.248 e. The van der Waals surface area contributed by atoms with Gasteiger partial charge in [-0.25, -0.2) is 0 Å². The van der Waals surface area contributed by atoms with E-state index in [1.54, 1.807) is 30.5 Å². The van der Waals surface area contributed by atoms with Crippen molar-refractivity contribution < 1.29 is 19.4 Å². The van der Waals surface area contributed by atoms with Crippen LogP contribution in [0.5, 0.6) is 11.5 Å². The summed E-state index contributed by atoms with van der Waals surface area (Å²) < 4.78 is 15.1. The first-order valence-electron chi connectivity index (χ1n) is 9.04. The molecule has 1 aromatic heterocycles. The van der Waals surface area contributed by atoms with E-state index in [0.29, 0.717) is 36.8 Å². The molecular formula is C20H22N4O4S. The molecule has 0 radical (unpaired) electrons. The number of nitrogens with two attached hydrogens (primary N) is 1. The van der Waals surface area contributed by atoms with E-state index in [1.165, 1.54) is 11.5 Å². The lowest BCUT2D eigenvalue weighted by atomic mass is 10.2. The Hall–Kier alpha value is -3.01. The van der Waals surface area contributed by atoms with E-state index in [4.69, 9.17) is 15.2 Å². The van der Waals surface area contributed by atoms with Gasteiger partial charge in [-0.2, -0.15) is 0 Å². The van der Waals surface area contributed by atoms with E-state index in [0.717, 1.165) is 10.4 Å². The first-order valence-corrected chi connectivity index (χ1v) is 9.81. The lowest BCUT2D eigenvalue weighted by molar-refractivity contribution is 0.1000. The third kappa shape index (κ3) is 6.53. The molecule has 1 unspecified atom stereocenters. The number of primary amides is 1. The zero-order valence-corrected chi connectivity index (χ0v) is 16.5. The molecule has 29 heavy (non-hydrogen) atoms.